The molecule has 2 aromatic carbocycles. The number of nitrogen functional groups attached to an aromatic ring is 1. The molecule has 2 amide bonds. The molecule has 0 saturated heterocycles. The Hall–Kier alpha value is -5.10. The van der Waals surface area contributed by atoms with Crippen LogP contribution in [-0.2, 0) is 4.79 Å². The van der Waals surface area contributed by atoms with Crippen molar-refractivity contribution in [2.24, 2.45) is 0 Å². The molecule has 0 radical (unpaired) electrons. The number of nitriles is 1. The maximum Gasteiger partial charge on any atom is 0.255 e. The minimum Gasteiger partial charge on any atom is -0.496 e. The van der Waals surface area contributed by atoms with Gasteiger partial charge in [0.05, 0.1) is 34.8 Å². The van der Waals surface area contributed by atoms with Crippen LogP contribution in [0.5, 0.6) is 5.75 Å². The molecule has 5 N–H and O–H groups in total. The van der Waals surface area contributed by atoms with E-state index in [1.165, 1.54) is 19.4 Å². The van der Waals surface area contributed by atoms with Crippen LogP contribution in [-0.4, -0.2) is 34.9 Å². The van der Waals surface area contributed by atoms with Gasteiger partial charge in [0.1, 0.15) is 17.6 Å². The molecule has 0 aliphatic heterocycles. The summed E-state index contributed by atoms with van der Waals surface area (Å²) < 4.78 is 5.58. The number of amides is 2. The van der Waals surface area contributed by atoms with Crippen LogP contribution in [0.25, 0.3) is 33.3 Å². The Bertz CT molecular complexity index is 1590. The second kappa shape index (κ2) is 9.51. The lowest BCUT2D eigenvalue weighted by Gasteiger charge is -2.13. The number of nitrogens with zero attached hydrogens (tertiary/aromatic N) is 2. The van der Waals surface area contributed by atoms with Gasteiger partial charge in [0.15, 0.2) is 0 Å². The van der Waals surface area contributed by atoms with Crippen molar-refractivity contribution in [2.75, 3.05) is 18.2 Å². The number of nitrogens with two attached hydrogens (primary N) is 1. The highest BCUT2D eigenvalue weighted by atomic mass is 16.5. The number of carbonyl (C=O) groups is 2. The van der Waals surface area contributed by atoms with Crippen LogP contribution in [0.15, 0.2) is 61.3 Å². The highest BCUT2D eigenvalue weighted by Crippen LogP contribution is 2.42. The van der Waals surface area contributed by atoms with Crippen LogP contribution >= 0.6 is 0 Å². The smallest absolute Gasteiger partial charge is 0.255 e. The average molecular weight is 493 g/mol. The number of pyridine rings is 1. The molecule has 1 aliphatic carbocycles. The van der Waals surface area contributed by atoms with Crippen LogP contribution in [0, 0.1) is 11.3 Å². The molecule has 9 heteroatoms. The Morgan fingerprint density at radius 1 is 1.22 bits per heavy atom. The summed E-state index contributed by atoms with van der Waals surface area (Å²) in [6, 6.07) is 14.9. The van der Waals surface area contributed by atoms with Gasteiger partial charge in [-0.15, -0.1) is 0 Å². The van der Waals surface area contributed by atoms with Gasteiger partial charge in [-0.1, -0.05) is 24.8 Å². The zero-order valence-corrected chi connectivity index (χ0v) is 20.1. The molecular weight excluding hydrogens is 468 g/mol. The monoisotopic (exact) mass is 492 g/mol. The molecule has 9 nitrogen and oxygen atoms in total. The fourth-order valence-corrected chi connectivity index (χ4v) is 4.25. The molecule has 1 fully saturated rings. The molecule has 0 bridgehead atoms. The van der Waals surface area contributed by atoms with Crippen LogP contribution < -0.4 is 21.1 Å². The van der Waals surface area contributed by atoms with Crippen molar-refractivity contribution in [2.45, 2.75) is 18.9 Å². The molecule has 1 aliphatic rings. The number of aromatic nitrogens is 2. The van der Waals surface area contributed by atoms with E-state index >= 15 is 0 Å². The highest BCUT2D eigenvalue weighted by Gasteiger charge is 2.26. The van der Waals surface area contributed by atoms with Crippen LogP contribution in [0.1, 0.15) is 28.8 Å². The molecular formula is C28H24N6O3. The van der Waals surface area contributed by atoms with Gasteiger partial charge in [-0.25, -0.2) is 4.98 Å². The number of rotatable bonds is 7. The van der Waals surface area contributed by atoms with E-state index < -0.39 is 0 Å². The summed E-state index contributed by atoms with van der Waals surface area (Å²) in [4.78, 5) is 32.0. The van der Waals surface area contributed by atoms with Crippen LogP contribution in [0.2, 0.25) is 0 Å². The highest BCUT2D eigenvalue weighted by molar-refractivity contribution is 6.10. The Morgan fingerprint density at radius 3 is 2.59 bits per heavy atom. The standard InChI is InChI=1S/C28H24N6O3/c1-3-22(35)32-18-7-4-15(5-8-18)25-23(24-26(34-25)17(13-29)14-31-27(24)30)16-6-11-20(21(12-16)37-2)28(36)33-19-9-10-19/h3-8,11-12,14,19,34H,1,9-10H2,2H3,(H2,30,31)(H,32,35)(H,33,36). The summed E-state index contributed by atoms with van der Waals surface area (Å²) in [6.45, 7) is 3.47. The summed E-state index contributed by atoms with van der Waals surface area (Å²) in [5.41, 5.74) is 11.2. The number of fused-ring (bicyclic) bond motifs is 1. The third kappa shape index (κ3) is 4.48. The fraction of sp³-hybridized carbons (Fsp3) is 0.143. The van der Waals surface area contributed by atoms with Crippen LogP contribution in [0.4, 0.5) is 11.5 Å². The second-order valence-corrected chi connectivity index (χ2v) is 8.73. The van der Waals surface area contributed by atoms with Gasteiger partial charge >= 0.3 is 0 Å². The Labute approximate surface area is 213 Å². The van der Waals surface area contributed by atoms with Gasteiger partial charge in [-0.05, 0) is 54.3 Å². The topological polar surface area (TPSA) is 146 Å². The largest absolute Gasteiger partial charge is 0.496 e. The number of hydrogen-bond acceptors (Lipinski definition) is 6. The van der Waals surface area contributed by atoms with E-state index in [1.54, 1.807) is 24.3 Å². The van der Waals surface area contributed by atoms with Crippen molar-refractivity contribution in [1.82, 2.24) is 15.3 Å². The molecule has 2 heterocycles. The van der Waals surface area contributed by atoms with Gasteiger partial charge in [0, 0.05) is 23.5 Å². The van der Waals surface area contributed by atoms with Gasteiger partial charge in [-0.2, -0.15) is 5.26 Å². The van der Waals surface area contributed by atoms with Gasteiger partial charge in [0.25, 0.3) is 5.91 Å². The Kier molecular flexibility index (Phi) is 6.07. The zero-order chi connectivity index (χ0) is 26.1. The molecule has 0 atom stereocenters. The summed E-state index contributed by atoms with van der Waals surface area (Å²) in [5.74, 6) is 0.182. The molecule has 4 aromatic rings. The van der Waals surface area contributed by atoms with E-state index in [1.807, 2.05) is 18.2 Å². The van der Waals surface area contributed by atoms with E-state index in [2.05, 4.69) is 33.2 Å². The minimum absolute atomic E-state index is 0.185. The quantitative estimate of drug-likeness (QED) is 0.282. The van der Waals surface area contributed by atoms with E-state index in [4.69, 9.17) is 10.5 Å². The van der Waals surface area contributed by atoms with E-state index in [-0.39, 0.29) is 23.7 Å². The molecule has 0 unspecified atom stereocenters. The number of benzene rings is 2. The van der Waals surface area contributed by atoms with Crippen LogP contribution in [0.3, 0.4) is 0 Å². The number of methoxy groups -OCH3 is 1. The minimum atomic E-state index is -0.311. The number of hydrogen-bond donors (Lipinski definition) is 4. The zero-order valence-electron chi connectivity index (χ0n) is 20.1. The SMILES string of the molecule is C=CC(=O)Nc1ccc(-c2[nH]c3c(C#N)cnc(N)c3c2-c2ccc(C(=O)NC3CC3)c(OC)c2)cc1. The maximum absolute atomic E-state index is 12.7. The summed E-state index contributed by atoms with van der Waals surface area (Å²) in [5, 5.41) is 16.0. The number of nitrogens with one attached hydrogen (secondary N) is 3. The predicted octanol–water partition coefficient (Wildman–Crippen LogP) is 4.38. The molecule has 37 heavy (non-hydrogen) atoms. The first-order valence-corrected chi connectivity index (χ1v) is 11.7. The molecule has 184 valence electrons. The number of H-pyrrole nitrogens is 1. The van der Waals surface area contributed by atoms with Crippen molar-refractivity contribution in [3.8, 4) is 34.2 Å². The van der Waals surface area contributed by atoms with Gasteiger partial charge in [0.2, 0.25) is 5.91 Å². The lowest BCUT2D eigenvalue weighted by Crippen LogP contribution is -2.25. The molecule has 0 spiro atoms. The molecule has 5 rings (SSSR count). The first-order chi connectivity index (χ1) is 17.9. The summed E-state index contributed by atoms with van der Waals surface area (Å²) in [7, 11) is 1.52. The first-order valence-electron chi connectivity index (χ1n) is 11.7. The third-order valence-corrected chi connectivity index (χ3v) is 6.25. The second-order valence-electron chi connectivity index (χ2n) is 8.73. The van der Waals surface area contributed by atoms with E-state index in [0.29, 0.717) is 44.7 Å². The van der Waals surface area contributed by atoms with Gasteiger partial charge in [-0.3, -0.25) is 9.59 Å². The number of aromatic amines is 1. The van der Waals surface area contributed by atoms with E-state index in [9.17, 15) is 14.9 Å². The number of ether oxygens (including phenoxy) is 1. The predicted molar refractivity (Wildman–Crippen MR) is 142 cm³/mol. The first kappa shape index (κ1) is 23.6. The molecule has 1 saturated carbocycles. The van der Waals surface area contributed by atoms with Crippen molar-refractivity contribution in [3.63, 3.8) is 0 Å². The fourth-order valence-electron chi connectivity index (χ4n) is 4.25. The van der Waals surface area contributed by atoms with Gasteiger partial charge < -0.3 is 26.1 Å². The maximum atomic E-state index is 12.7. The van der Waals surface area contributed by atoms with Crippen molar-refractivity contribution < 1.29 is 14.3 Å². The summed E-state index contributed by atoms with van der Waals surface area (Å²) >= 11 is 0. The van der Waals surface area contributed by atoms with E-state index in [0.717, 1.165) is 24.0 Å². The summed E-state index contributed by atoms with van der Waals surface area (Å²) in [6.07, 6.45) is 4.59. The number of anilines is 2. The normalized spacial score (nSPS) is 12.5. The lowest BCUT2D eigenvalue weighted by atomic mass is 9.96. The molecule has 2 aromatic heterocycles. The Morgan fingerprint density at radius 2 is 1.95 bits per heavy atom. The van der Waals surface area contributed by atoms with Crippen molar-refractivity contribution in [1.29, 1.82) is 5.26 Å². The van der Waals surface area contributed by atoms with Crippen molar-refractivity contribution >= 4 is 34.2 Å². The van der Waals surface area contributed by atoms with Crippen molar-refractivity contribution in [3.05, 3.63) is 72.4 Å². The Balaban J connectivity index is 1.67. The third-order valence-electron chi connectivity index (χ3n) is 6.25. The lowest BCUT2D eigenvalue weighted by molar-refractivity contribution is -0.111. The number of carbonyl (C=O) groups excluding carboxylic acids is 2. The average Bonchev–Trinajstić information content (AvgIpc) is 3.64.